The van der Waals surface area contributed by atoms with Crippen LogP contribution in [0.25, 0.3) is 0 Å². The summed E-state index contributed by atoms with van der Waals surface area (Å²) >= 11 is 0. The quantitative estimate of drug-likeness (QED) is 0.848. The van der Waals surface area contributed by atoms with Gasteiger partial charge in [-0.3, -0.25) is 9.89 Å². The topological polar surface area (TPSA) is 47.9 Å². The molecule has 0 aromatic heterocycles. The first-order valence-electron chi connectivity index (χ1n) is 7.09. The van der Waals surface area contributed by atoms with Gasteiger partial charge >= 0.3 is 0 Å². The summed E-state index contributed by atoms with van der Waals surface area (Å²) in [6.07, 6.45) is 2.32. The Morgan fingerprint density at radius 3 is 2.84 bits per heavy atom. The molecule has 1 fully saturated rings. The summed E-state index contributed by atoms with van der Waals surface area (Å²) in [6, 6.07) is 8.96. The van der Waals surface area contributed by atoms with E-state index in [2.05, 4.69) is 39.5 Å². The van der Waals surface area contributed by atoms with Crippen molar-refractivity contribution in [2.75, 3.05) is 26.2 Å². The van der Waals surface area contributed by atoms with E-state index in [0.717, 1.165) is 38.4 Å². The fourth-order valence-electron chi connectivity index (χ4n) is 2.90. The third-order valence-electron chi connectivity index (χ3n) is 4.00. The van der Waals surface area contributed by atoms with Crippen molar-refractivity contribution in [3.8, 4) is 0 Å². The highest BCUT2D eigenvalue weighted by molar-refractivity contribution is 5.99. The lowest BCUT2D eigenvalue weighted by Crippen LogP contribution is -2.31. The number of amidine groups is 1. The molecule has 4 nitrogen and oxygen atoms in total. The summed E-state index contributed by atoms with van der Waals surface area (Å²) in [5.41, 5.74) is 2.48. The number of nitrogens with zero attached hydrogens (tertiary/aromatic N) is 2. The number of rotatable bonds is 4. The van der Waals surface area contributed by atoms with Gasteiger partial charge in [0.1, 0.15) is 5.84 Å². The fourth-order valence-corrected chi connectivity index (χ4v) is 2.90. The van der Waals surface area contributed by atoms with Gasteiger partial charge in [0.2, 0.25) is 0 Å². The highest BCUT2D eigenvalue weighted by Gasteiger charge is 2.23. The van der Waals surface area contributed by atoms with Gasteiger partial charge in [-0.2, -0.15) is 0 Å². The second-order valence-corrected chi connectivity index (χ2v) is 5.30. The Morgan fingerprint density at radius 1 is 1.32 bits per heavy atom. The standard InChI is InChI=1S/C15H21N3O/c19-11-14-2-1-9-18(14)10-12-3-5-13(6-4-12)15-16-7-8-17-15/h3-6,14,19H,1-2,7-11H2,(H,16,17). The lowest BCUT2D eigenvalue weighted by atomic mass is 10.1. The molecule has 1 unspecified atom stereocenters. The summed E-state index contributed by atoms with van der Waals surface area (Å²) in [4.78, 5) is 6.80. The second-order valence-electron chi connectivity index (χ2n) is 5.30. The fraction of sp³-hybridized carbons (Fsp3) is 0.533. The molecule has 1 aromatic rings. The molecule has 2 aliphatic rings. The van der Waals surface area contributed by atoms with Crippen molar-refractivity contribution < 1.29 is 5.11 Å². The Kier molecular flexibility index (Phi) is 3.80. The molecule has 1 atom stereocenters. The first-order chi connectivity index (χ1) is 9.36. The van der Waals surface area contributed by atoms with Crippen LogP contribution >= 0.6 is 0 Å². The molecule has 2 heterocycles. The Morgan fingerprint density at radius 2 is 2.16 bits per heavy atom. The van der Waals surface area contributed by atoms with Crippen molar-refractivity contribution >= 4 is 5.84 Å². The SMILES string of the molecule is OCC1CCCN1Cc1ccc(C2=NCCN2)cc1. The molecule has 19 heavy (non-hydrogen) atoms. The average Bonchev–Trinajstić information content (AvgIpc) is 3.10. The molecule has 0 saturated carbocycles. The molecule has 2 aliphatic heterocycles. The Balaban J connectivity index is 1.65. The van der Waals surface area contributed by atoms with Crippen LogP contribution in [0, 0.1) is 0 Å². The minimum atomic E-state index is 0.277. The summed E-state index contributed by atoms with van der Waals surface area (Å²) in [5, 5.41) is 12.6. The maximum absolute atomic E-state index is 9.34. The van der Waals surface area contributed by atoms with Crippen LogP contribution in [-0.4, -0.2) is 48.1 Å². The molecule has 0 aliphatic carbocycles. The maximum atomic E-state index is 9.34. The van der Waals surface area contributed by atoms with Crippen molar-refractivity contribution in [1.82, 2.24) is 10.2 Å². The highest BCUT2D eigenvalue weighted by Crippen LogP contribution is 2.19. The number of nitrogens with one attached hydrogen (secondary N) is 1. The Bertz CT molecular complexity index is 455. The van der Waals surface area contributed by atoms with Gasteiger partial charge in [0.05, 0.1) is 13.2 Å². The number of aliphatic hydroxyl groups is 1. The van der Waals surface area contributed by atoms with E-state index >= 15 is 0 Å². The van der Waals surface area contributed by atoms with Crippen molar-refractivity contribution in [3.63, 3.8) is 0 Å². The number of benzene rings is 1. The lowest BCUT2D eigenvalue weighted by molar-refractivity contribution is 0.153. The Hall–Kier alpha value is -1.39. The number of aliphatic imine (C=N–C) groups is 1. The average molecular weight is 259 g/mol. The number of aliphatic hydroxyl groups excluding tert-OH is 1. The first kappa shape index (κ1) is 12.6. The predicted octanol–water partition coefficient (Wildman–Crippen LogP) is 0.993. The van der Waals surface area contributed by atoms with Crippen LogP contribution in [0.3, 0.4) is 0 Å². The minimum absolute atomic E-state index is 0.277. The van der Waals surface area contributed by atoms with Crippen LogP contribution in [0.5, 0.6) is 0 Å². The minimum Gasteiger partial charge on any atom is -0.395 e. The van der Waals surface area contributed by atoms with Crippen molar-refractivity contribution in [2.24, 2.45) is 4.99 Å². The molecule has 0 amide bonds. The van der Waals surface area contributed by atoms with Gasteiger partial charge < -0.3 is 10.4 Å². The van der Waals surface area contributed by atoms with E-state index in [1.165, 1.54) is 17.5 Å². The molecular formula is C15H21N3O. The van der Waals surface area contributed by atoms with Crippen LogP contribution in [0.2, 0.25) is 0 Å². The normalized spacial score (nSPS) is 23.4. The predicted molar refractivity (Wildman–Crippen MR) is 76.4 cm³/mol. The zero-order valence-corrected chi connectivity index (χ0v) is 11.2. The smallest absolute Gasteiger partial charge is 0.128 e. The molecule has 1 aromatic carbocycles. The van der Waals surface area contributed by atoms with Gasteiger partial charge in [-0.05, 0) is 24.9 Å². The van der Waals surface area contributed by atoms with Gasteiger partial charge in [0.15, 0.2) is 0 Å². The molecule has 4 heteroatoms. The van der Waals surface area contributed by atoms with Crippen molar-refractivity contribution in [3.05, 3.63) is 35.4 Å². The summed E-state index contributed by atoms with van der Waals surface area (Å²) in [6.45, 7) is 4.14. The van der Waals surface area contributed by atoms with Gasteiger partial charge in [0.25, 0.3) is 0 Å². The molecule has 0 radical (unpaired) electrons. The van der Waals surface area contributed by atoms with Gasteiger partial charge in [-0.15, -0.1) is 0 Å². The number of hydrogen-bond donors (Lipinski definition) is 2. The van der Waals surface area contributed by atoms with E-state index in [9.17, 15) is 5.11 Å². The van der Waals surface area contributed by atoms with E-state index in [4.69, 9.17) is 0 Å². The van der Waals surface area contributed by atoms with Crippen LogP contribution in [-0.2, 0) is 6.54 Å². The third-order valence-corrected chi connectivity index (χ3v) is 4.00. The van der Waals surface area contributed by atoms with Crippen LogP contribution < -0.4 is 5.32 Å². The van der Waals surface area contributed by atoms with Crippen LogP contribution in [0.1, 0.15) is 24.0 Å². The third kappa shape index (κ3) is 2.80. The molecule has 102 valence electrons. The van der Waals surface area contributed by atoms with Crippen LogP contribution in [0.15, 0.2) is 29.3 Å². The van der Waals surface area contributed by atoms with Crippen LogP contribution in [0.4, 0.5) is 0 Å². The lowest BCUT2D eigenvalue weighted by Gasteiger charge is -2.22. The largest absolute Gasteiger partial charge is 0.395 e. The second kappa shape index (κ2) is 5.72. The Labute approximate surface area is 114 Å². The molecular weight excluding hydrogens is 238 g/mol. The van der Waals surface area contributed by atoms with Crippen molar-refractivity contribution in [1.29, 1.82) is 0 Å². The van der Waals surface area contributed by atoms with E-state index in [1.54, 1.807) is 0 Å². The van der Waals surface area contributed by atoms with E-state index < -0.39 is 0 Å². The number of hydrogen-bond acceptors (Lipinski definition) is 4. The summed E-state index contributed by atoms with van der Waals surface area (Å²) in [5.74, 6) is 1.01. The van der Waals surface area contributed by atoms with E-state index in [1.807, 2.05) is 0 Å². The number of likely N-dealkylation sites (tertiary alicyclic amines) is 1. The molecule has 1 saturated heterocycles. The monoisotopic (exact) mass is 259 g/mol. The molecule has 3 rings (SSSR count). The highest BCUT2D eigenvalue weighted by atomic mass is 16.3. The maximum Gasteiger partial charge on any atom is 0.128 e. The van der Waals surface area contributed by atoms with Gasteiger partial charge in [-0.25, -0.2) is 0 Å². The molecule has 0 spiro atoms. The molecule has 2 N–H and O–H groups in total. The summed E-state index contributed by atoms with van der Waals surface area (Å²) in [7, 11) is 0. The van der Waals surface area contributed by atoms with Gasteiger partial charge in [0, 0.05) is 24.7 Å². The zero-order chi connectivity index (χ0) is 13.1. The van der Waals surface area contributed by atoms with E-state index in [0.29, 0.717) is 6.04 Å². The first-order valence-corrected chi connectivity index (χ1v) is 7.09. The zero-order valence-electron chi connectivity index (χ0n) is 11.2. The van der Waals surface area contributed by atoms with E-state index in [-0.39, 0.29) is 6.61 Å². The van der Waals surface area contributed by atoms with Crippen molar-refractivity contribution in [2.45, 2.75) is 25.4 Å². The summed E-state index contributed by atoms with van der Waals surface area (Å²) < 4.78 is 0. The van der Waals surface area contributed by atoms with Gasteiger partial charge in [-0.1, -0.05) is 24.3 Å². The molecule has 0 bridgehead atoms.